The average molecular weight is 444 g/mol. The number of benzene rings is 3. The minimum Gasteiger partial charge on any atom is -0.493 e. The highest BCUT2D eigenvalue weighted by atomic mass is 35.5. The van der Waals surface area contributed by atoms with Crippen molar-refractivity contribution in [1.82, 2.24) is 0 Å². The molecule has 156 valence electrons. The van der Waals surface area contributed by atoms with E-state index in [1.807, 2.05) is 39.0 Å². The number of halogens is 1. The first kappa shape index (κ1) is 21.9. The van der Waals surface area contributed by atoms with Crippen molar-refractivity contribution in [3.63, 3.8) is 0 Å². The molecule has 0 unspecified atom stereocenters. The molecule has 7 heteroatoms. The lowest BCUT2D eigenvalue weighted by Gasteiger charge is -2.13. The summed E-state index contributed by atoms with van der Waals surface area (Å²) in [6.45, 7) is 5.93. The van der Waals surface area contributed by atoms with E-state index in [0.717, 1.165) is 16.8 Å². The van der Waals surface area contributed by atoms with Crippen molar-refractivity contribution in [1.29, 1.82) is 0 Å². The van der Waals surface area contributed by atoms with Crippen molar-refractivity contribution >= 4 is 33.6 Å². The standard InChI is InChI=1S/C23H22ClNO4S/c1-15-5-9-20(10-6-15)30(26,27)29-23-21(24)12-18(13-22(23)28-4)14-25-19-8-7-16(2)17(3)11-19/h5-14H,1-4H3. The summed E-state index contributed by atoms with van der Waals surface area (Å²) < 4.78 is 35.9. The van der Waals surface area contributed by atoms with Gasteiger partial charge in [-0.05, 0) is 73.9 Å². The minimum absolute atomic E-state index is 0.0339. The summed E-state index contributed by atoms with van der Waals surface area (Å²) in [4.78, 5) is 4.49. The summed E-state index contributed by atoms with van der Waals surface area (Å²) >= 11 is 6.33. The third-order valence-corrected chi connectivity index (χ3v) is 6.12. The zero-order valence-corrected chi connectivity index (χ0v) is 18.7. The molecule has 0 bridgehead atoms. The first-order chi connectivity index (χ1) is 14.2. The van der Waals surface area contributed by atoms with Crippen LogP contribution in [0.3, 0.4) is 0 Å². The van der Waals surface area contributed by atoms with E-state index < -0.39 is 10.1 Å². The van der Waals surface area contributed by atoms with Gasteiger partial charge in [0.2, 0.25) is 5.75 Å². The minimum atomic E-state index is -4.06. The molecule has 0 spiro atoms. The molecule has 3 aromatic carbocycles. The van der Waals surface area contributed by atoms with Gasteiger partial charge in [0.25, 0.3) is 0 Å². The number of hydrogen-bond acceptors (Lipinski definition) is 5. The predicted molar refractivity (Wildman–Crippen MR) is 120 cm³/mol. The lowest BCUT2D eigenvalue weighted by atomic mass is 10.1. The Morgan fingerprint density at radius 2 is 1.63 bits per heavy atom. The largest absolute Gasteiger partial charge is 0.493 e. The Balaban J connectivity index is 1.91. The van der Waals surface area contributed by atoms with Crippen molar-refractivity contribution in [2.45, 2.75) is 25.7 Å². The zero-order chi connectivity index (χ0) is 21.9. The maximum absolute atomic E-state index is 12.6. The number of nitrogens with zero attached hydrogens (tertiary/aromatic N) is 1. The topological polar surface area (TPSA) is 65.0 Å². The first-order valence-corrected chi connectivity index (χ1v) is 11.0. The number of hydrogen-bond donors (Lipinski definition) is 0. The fourth-order valence-electron chi connectivity index (χ4n) is 2.71. The second kappa shape index (κ2) is 8.90. The van der Waals surface area contributed by atoms with Crippen molar-refractivity contribution in [2.75, 3.05) is 7.11 Å². The van der Waals surface area contributed by atoms with E-state index in [1.165, 1.54) is 24.8 Å². The van der Waals surface area contributed by atoms with Crippen LogP contribution < -0.4 is 8.92 Å². The summed E-state index contributed by atoms with van der Waals surface area (Å²) in [7, 11) is -2.64. The highest BCUT2D eigenvalue weighted by molar-refractivity contribution is 7.87. The van der Waals surface area contributed by atoms with Crippen LogP contribution in [0.4, 0.5) is 5.69 Å². The van der Waals surface area contributed by atoms with Crippen LogP contribution >= 0.6 is 11.6 Å². The lowest BCUT2D eigenvalue weighted by Crippen LogP contribution is -2.11. The summed E-state index contributed by atoms with van der Waals surface area (Å²) in [6, 6.07) is 15.5. The van der Waals surface area contributed by atoms with Gasteiger partial charge in [0.05, 0.1) is 17.8 Å². The molecular formula is C23H22ClNO4S. The van der Waals surface area contributed by atoms with Gasteiger partial charge in [0.1, 0.15) is 4.90 Å². The van der Waals surface area contributed by atoms with Gasteiger partial charge in [-0.15, -0.1) is 0 Å². The lowest BCUT2D eigenvalue weighted by molar-refractivity contribution is 0.390. The second-order valence-corrected chi connectivity index (χ2v) is 8.86. The molecule has 0 saturated heterocycles. The fraction of sp³-hybridized carbons (Fsp3) is 0.174. The van der Waals surface area contributed by atoms with Crippen LogP contribution in [0.5, 0.6) is 11.5 Å². The first-order valence-electron chi connectivity index (χ1n) is 9.19. The van der Waals surface area contributed by atoms with Crippen LogP contribution in [0.1, 0.15) is 22.3 Å². The number of methoxy groups -OCH3 is 1. The molecule has 0 heterocycles. The summed E-state index contributed by atoms with van der Waals surface area (Å²) in [5.74, 6) is 0.128. The Hall–Kier alpha value is -2.83. The van der Waals surface area contributed by atoms with Crippen LogP contribution in [0.25, 0.3) is 0 Å². The van der Waals surface area contributed by atoms with E-state index in [-0.39, 0.29) is 21.4 Å². The van der Waals surface area contributed by atoms with E-state index in [2.05, 4.69) is 4.99 Å². The molecule has 3 rings (SSSR count). The molecule has 3 aromatic rings. The monoisotopic (exact) mass is 443 g/mol. The molecule has 5 nitrogen and oxygen atoms in total. The van der Waals surface area contributed by atoms with Gasteiger partial charge in [-0.1, -0.05) is 35.4 Å². The Kier molecular flexibility index (Phi) is 6.48. The van der Waals surface area contributed by atoms with Crippen LogP contribution in [0.15, 0.2) is 64.5 Å². The Morgan fingerprint density at radius 1 is 0.933 bits per heavy atom. The van der Waals surface area contributed by atoms with Crippen molar-refractivity contribution in [2.24, 2.45) is 4.99 Å². The smallest absolute Gasteiger partial charge is 0.339 e. The Morgan fingerprint density at radius 3 is 2.27 bits per heavy atom. The molecule has 0 aromatic heterocycles. The zero-order valence-electron chi connectivity index (χ0n) is 17.1. The third-order valence-electron chi connectivity index (χ3n) is 4.61. The molecule has 0 aliphatic carbocycles. The Bertz CT molecular complexity index is 1200. The van der Waals surface area contributed by atoms with E-state index in [4.69, 9.17) is 20.5 Å². The SMILES string of the molecule is COc1cc(C=Nc2ccc(C)c(C)c2)cc(Cl)c1OS(=O)(=O)c1ccc(C)cc1. The summed E-state index contributed by atoms with van der Waals surface area (Å²) in [5, 5.41) is 0.103. The molecule has 0 N–H and O–H groups in total. The highest BCUT2D eigenvalue weighted by Crippen LogP contribution is 2.38. The quantitative estimate of drug-likeness (QED) is 0.357. The maximum atomic E-state index is 12.6. The highest BCUT2D eigenvalue weighted by Gasteiger charge is 2.22. The van der Waals surface area contributed by atoms with Gasteiger partial charge in [-0.2, -0.15) is 8.42 Å². The molecule has 0 saturated carbocycles. The van der Waals surface area contributed by atoms with Gasteiger partial charge in [-0.25, -0.2) is 0 Å². The number of aliphatic imine (C=N–C) groups is 1. The second-order valence-electron chi connectivity index (χ2n) is 6.91. The normalized spacial score (nSPS) is 11.6. The molecule has 0 radical (unpaired) electrons. The van der Waals surface area contributed by atoms with E-state index in [9.17, 15) is 8.42 Å². The van der Waals surface area contributed by atoms with Crippen LogP contribution in [0, 0.1) is 20.8 Å². The molecular weight excluding hydrogens is 422 g/mol. The van der Waals surface area contributed by atoms with Crippen LogP contribution in [-0.4, -0.2) is 21.7 Å². The average Bonchev–Trinajstić information content (AvgIpc) is 2.70. The van der Waals surface area contributed by atoms with Crippen molar-refractivity contribution in [3.8, 4) is 11.5 Å². The van der Waals surface area contributed by atoms with E-state index >= 15 is 0 Å². The van der Waals surface area contributed by atoms with Gasteiger partial charge in [-0.3, -0.25) is 4.99 Å². The number of aryl methyl sites for hydroxylation is 3. The number of ether oxygens (including phenoxy) is 1. The van der Waals surface area contributed by atoms with Crippen LogP contribution in [0.2, 0.25) is 5.02 Å². The molecule has 0 amide bonds. The number of rotatable bonds is 6. The predicted octanol–water partition coefficient (Wildman–Crippen LogP) is 5.79. The molecule has 0 fully saturated rings. The van der Waals surface area contributed by atoms with Crippen LogP contribution in [-0.2, 0) is 10.1 Å². The molecule has 0 atom stereocenters. The summed E-state index contributed by atoms with van der Waals surface area (Å²) in [5.41, 5.74) is 4.72. The molecule has 0 aliphatic heterocycles. The summed E-state index contributed by atoms with van der Waals surface area (Å²) in [6.07, 6.45) is 1.64. The molecule has 30 heavy (non-hydrogen) atoms. The van der Waals surface area contributed by atoms with Gasteiger partial charge in [0, 0.05) is 6.21 Å². The van der Waals surface area contributed by atoms with Crippen molar-refractivity contribution < 1.29 is 17.3 Å². The fourth-order valence-corrected chi connectivity index (χ4v) is 3.97. The maximum Gasteiger partial charge on any atom is 0.339 e. The van der Waals surface area contributed by atoms with E-state index in [0.29, 0.717) is 5.56 Å². The third kappa shape index (κ3) is 5.01. The van der Waals surface area contributed by atoms with E-state index in [1.54, 1.807) is 30.5 Å². The van der Waals surface area contributed by atoms with Gasteiger partial charge in [0.15, 0.2) is 5.75 Å². The van der Waals surface area contributed by atoms with Gasteiger partial charge < -0.3 is 8.92 Å². The Labute approximate surface area is 182 Å². The van der Waals surface area contributed by atoms with Crippen molar-refractivity contribution in [3.05, 3.63) is 81.9 Å². The van der Waals surface area contributed by atoms with Gasteiger partial charge >= 0.3 is 10.1 Å². The molecule has 0 aliphatic rings.